The second kappa shape index (κ2) is 9.72. The lowest BCUT2D eigenvalue weighted by molar-refractivity contribution is -0.140. The first-order chi connectivity index (χ1) is 15.9. The van der Waals surface area contributed by atoms with E-state index in [4.69, 9.17) is 31.2 Å². The Balaban J connectivity index is 1.78. The quantitative estimate of drug-likeness (QED) is 0.385. The van der Waals surface area contributed by atoms with Crippen molar-refractivity contribution < 1.29 is 32.5 Å². The maximum absolute atomic E-state index is 14.7. The van der Waals surface area contributed by atoms with Gasteiger partial charge in [-0.1, -0.05) is 6.07 Å². The fourth-order valence-corrected chi connectivity index (χ4v) is 4.11. The Morgan fingerprint density at radius 1 is 1.15 bits per heavy atom. The highest BCUT2D eigenvalue weighted by Gasteiger charge is 2.37. The van der Waals surface area contributed by atoms with Crippen LogP contribution in [0.25, 0.3) is 0 Å². The van der Waals surface area contributed by atoms with Gasteiger partial charge in [0.25, 0.3) is 0 Å². The van der Waals surface area contributed by atoms with E-state index < -0.39 is 23.6 Å². The first-order valence-electron chi connectivity index (χ1n) is 10.2. The van der Waals surface area contributed by atoms with Gasteiger partial charge >= 0.3 is 5.97 Å². The molecule has 0 amide bonds. The van der Waals surface area contributed by atoms with E-state index in [0.29, 0.717) is 36.1 Å². The second-order valence-corrected chi connectivity index (χ2v) is 7.73. The fourth-order valence-electron chi connectivity index (χ4n) is 3.75. The van der Waals surface area contributed by atoms with Crippen LogP contribution >= 0.6 is 12.2 Å². The number of allylic oxidation sites excluding steroid dienone is 1. The number of hydrogen-bond acceptors (Lipinski definition) is 6. The fraction of sp³-hybridized carbons (Fsp3) is 0.304. The number of rotatable bonds is 6. The third-order valence-electron chi connectivity index (χ3n) is 5.28. The Morgan fingerprint density at radius 3 is 2.64 bits per heavy atom. The van der Waals surface area contributed by atoms with E-state index in [1.807, 2.05) is 0 Å². The molecule has 10 heteroatoms. The summed E-state index contributed by atoms with van der Waals surface area (Å²) in [5, 5.41) is 3.23. The molecule has 0 bridgehead atoms. The van der Waals surface area contributed by atoms with E-state index in [9.17, 15) is 13.6 Å². The van der Waals surface area contributed by atoms with Gasteiger partial charge in [-0.05, 0) is 37.3 Å². The smallest absolute Gasteiger partial charge is 0.338 e. The van der Waals surface area contributed by atoms with Crippen molar-refractivity contribution in [3.63, 3.8) is 0 Å². The number of thiocarbonyl (C=S) groups is 1. The van der Waals surface area contributed by atoms with E-state index in [1.165, 1.54) is 13.2 Å². The molecule has 0 radical (unpaired) electrons. The van der Waals surface area contributed by atoms with Crippen LogP contribution in [0.2, 0.25) is 0 Å². The van der Waals surface area contributed by atoms with Gasteiger partial charge in [0.15, 0.2) is 16.6 Å². The van der Waals surface area contributed by atoms with Gasteiger partial charge in [0, 0.05) is 30.5 Å². The summed E-state index contributed by atoms with van der Waals surface area (Å²) in [5.74, 6) is -1.05. The molecule has 4 rings (SSSR count). The van der Waals surface area contributed by atoms with Gasteiger partial charge in [-0.25, -0.2) is 13.6 Å². The molecular formula is C23H22F2N2O5S. The highest BCUT2D eigenvalue weighted by atomic mass is 32.1. The Labute approximate surface area is 194 Å². The van der Waals surface area contributed by atoms with Crippen molar-refractivity contribution in [2.45, 2.75) is 13.0 Å². The van der Waals surface area contributed by atoms with Gasteiger partial charge in [-0.15, -0.1) is 0 Å². The lowest BCUT2D eigenvalue weighted by Gasteiger charge is -2.38. The molecule has 0 fully saturated rings. The summed E-state index contributed by atoms with van der Waals surface area (Å²) in [7, 11) is 1.49. The van der Waals surface area contributed by atoms with Crippen molar-refractivity contribution in [3.05, 3.63) is 64.9 Å². The zero-order chi connectivity index (χ0) is 23.5. The molecule has 2 aliphatic heterocycles. The lowest BCUT2D eigenvalue weighted by Crippen LogP contribution is -2.48. The van der Waals surface area contributed by atoms with Crippen molar-refractivity contribution in [3.8, 4) is 11.5 Å². The second-order valence-electron chi connectivity index (χ2n) is 7.34. The number of ether oxygens (including phenoxy) is 4. The first-order valence-corrected chi connectivity index (χ1v) is 10.6. The van der Waals surface area contributed by atoms with Crippen LogP contribution in [-0.2, 0) is 14.3 Å². The Hall–Kier alpha value is -3.24. The SMILES string of the molecule is COCCOC(=O)C1=C(C)N(c2ccc3c(c2)OCCO3)C(=S)N[C@H]1c1ccc(F)cc1F. The molecule has 1 atom stereocenters. The number of methoxy groups -OCH3 is 1. The van der Waals surface area contributed by atoms with Gasteiger partial charge < -0.3 is 24.3 Å². The Morgan fingerprint density at radius 2 is 1.91 bits per heavy atom. The minimum atomic E-state index is -0.971. The van der Waals surface area contributed by atoms with Crippen LogP contribution in [0.15, 0.2) is 47.7 Å². The van der Waals surface area contributed by atoms with Crippen LogP contribution in [0, 0.1) is 11.6 Å². The summed E-state index contributed by atoms with van der Waals surface area (Å²) in [6, 6.07) is 7.47. The van der Waals surface area contributed by atoms with Crippen molar-refractivity contribution in [1.82, 2.24) is 5.32 Å². The zero-order valence-corrected chi connectivity index (χ0v) is 18.8. The monoisotopic (exact) mass is 476 g/mol. The molecule has 2 aliphatic rings. The largest absolute Gasteiger partial charge is 0.486 e. The predicted octanol–water partition coefficient (Wildman–Crippen LogP) is 3.64. The predicted molar refractivity (Wildman–Crippen MR) is 120 cm³/mol. The molecular weight excluding hydrogens is 454 g/mol. The minimum absolute atomic E-state index is 0.0131. The third kappa shape index (κ3) is 4.62. The van der Waals surface area contributed by atoms with E-state index in [0.717, 1.165) is 12.1 Å². The molecule has 2 aromatic carbocycles. The normalized spacial score (nSPS) is 17.6. The standard InChI is InChI=1S/C23H22F2N2O5S/c1-13-20(22(28)32-8-7-29-2)21(16-5-3-14(24)11-17(16)25)26-23(33)27(13)15-4-6-18-19(12-15)31-10-9-30-18/h3-6,11-12,21H,7-10H2,1-2H3,(H,26,33)/t21-/m0/s1. The number of nitrogens with one attached hydrogen (secondary N) is 1. The van der Waals surface area contributed by atoms with Crippen molar-refractivity contribution in [2.24, 2.45) is 0 Å². The van der Waals surface area contributed by atoms with Gasteiger partial charge in [0.1, 0.15) is 31.5 Å². The molecule has 0 saturated carbocycles. The number of benzene rings is 2. The Bertz CT molecular complexity index is 1120. The number of carbonyl (C=O) groups is 1. The molecule has 0 saturated heterocycles. The molecule has 0 spiro atoms. The highest BCUT2D eigenvalue weighted by molar-refractivity contribution is 7.80. The first kappa shape index (κ1) is 22.9. The van der Waals surface area contributed by atoms with E-state index in [2.05, 4.69) is 5.32 Å². The number of esters is 1. The average Bonchev–Trinajstić information content (AvgIpc) is 2.78. The summed E-state index contributed by atoms with van der Waals surface area (Å²) in [5.41, 5.74) is 1.26. The summed E-state index contributed by atoms with van der Waals surface area (Å²) < 4.78 is 49.7. The molecule has 33 heavy (non-hydrogen) atoms. The number of hydrogen-bond donors (Lipinski definition) is 1. The maximum atomic E-state index is 14.7. The van der Waals surface area contributed by atoms with E-state index >= 15 is 0 Å². The molecule has 0 aromatic heterocycles. The molecule has 0 unspecified atom stereocenters. The molecule has 2 aromatic rings. The number of anilines is 1. The molecule has 2 heterocycles. The summed E-state index contributed by atoms with van der Waals surface area (Å²) >= 11 is 5.57. The maximum Gasteiger partial charge on any atom is 0.338 e. The van der Waals surface area contributed by atoms with Crippen molar-refractivity contribution in [1.29, 1.82) is 0 Å². The summed E-state index contributed by atoms with van der Waals surface area (Å²) in [6.07, 6.45) is 0. The van der Waals surface area contributed by atoms with Gasteiger partial charge in [-0.2, -0.15) is 0 Å². The van der Waals surface area contributed by atoms with Crippen LogP contribution in [-0.4, -0.2) is 44.6 Å². The van der Waals surface area contributed by atoms with E-state index in [-0.39, 0.29) is 29.5 Å². The van der Waals surface area contributed by atoms with Crippen LogP contribution in [0.4, 0.5) is 14.5 Å². The highest BCUT2D eigenvalue weighted by Crippen LogP contribution is 2.39. The Kier molecular flexibility index (Phi) is 6.75. The number of fused-ring (bicyclic) bond motifs is 1. The van der Waals surface area contributed by atoms with Gasteiger partial charge in [0.05, 0.1) is 23.9 Å². The number of carbonyl (C=O) groups excluding carboxylic acids is 1. The van der Waals surface area contributed by atoms with E-state index in [1.54, 1.807) is 30.0 Å². The summed E-state index contributed by atoms with van der Waals surface area (Å²) in [4.78, 5) is 14.7. The average molecular weight is 477 g/mol. The van der Waals surface area contributed by atoms with Crippen LogP contribution < -0.4 is 19.7 Å². The molecule has 174 valence electrons. The molecule has 7 nitrogen and oxygen atoms in total. The van der Waals surface area contributed by atoms with Crippen LogP contribution in [0.5, 0.6) is 11.5 Å². The van der Waals surface area contributed by atoms with Gasteiger partial charge in [-0.3, -0.25) is 4.90 Å². The van der Waals surface area contributed by atoms with Crippen LogP contribution in [0.1, 0.15) is 18.5 Å². The molecule has 1 N–H and O–H groups in total. The number of nitrogens with zero attached hydrogens (tertiary/aromatic N) is 1. The lowest BCUT2D eigenvalue weighted by atomic mass is 9.94. The van der Waals surface area contributed by atoms with Gasteiger partial charge in [0.2, 0.25) is 0 Å². The minimum Gasteiger partial charge on any atom is -0.486 e. The number of halogens is 2. The molecule has 0 aliphatic carbocycles. The van der Waals surface area contributed by atoms with Crippen molar-refractivity contribution >= 4 is 29.0 Å². The van der Waals surface area contributed by atoms with Crippen molar-refractivity contribution in [2.75, 3.05) is 38.4 Å². The zero-order valence-electron chi connectivity index (χ0n) is 18.0. The van der Waals surface area contributed by atoms with Crippen LogP contribution in [0.3, 0.4) is 0 Å². The summed E-state index contributed by atoms with van der Waals surface area (Å²) in [6.45, 7) is 2.77. The third-order valence-corrected chi connectivity index (χ3v) is 5.58. The topological polar surface area (TPSA) is 69.3 Å².